The van der Waals surface area contributed by atoms with E-state index >= 15 is 0 Å². The third-order valence-electron chi connectivity index (χ3n) is 5.20. The fraction of sp³-hybridized carbons (Fsp3) is 0.240. The van der Waals surface area contributed by atoms with Crippen molar-refractivity contribution in [3.63, 3.8) is 0 Å². The highest BCUT2D eigenvalue weighted by Gasteiger charge is 2.27. The number of rotatable bonds is 11. The number of carbonyl (C=O) groups excluding carboxylic acids is 1. The molecule has 7 heteroatoms. The van der Waals surface area contributed by atoms with Gasteiger partial charge in [-0.25, -0.2) is 8.42 Å². The zero-order valence-electron chi connectivity index (χ0n) is 18.3. The van der Waals surface area contributed by atoms with Crippen LogP contribution < -0.4 is 0 Å². The molecule has 0 atom stereocenters. The Hall–Kier alpha value is -3.16. The van der Waals surface area contributed by atoms with Crippen molar-refractivity contribution in [2.75, 3.05) is 13.1 Å². The zero-order chi connectivity index (χ0) is 23.0. The Morgan fingerprint density at radius 2 is 1.56 bits per heavy atom. The predicted molar refractivity (Wildman–Crippen MR) is 127 cm³/mol. The van der Waals surface area contributed by atoms with Crippen LogP contribution in [0.4, 0.5) is 0 Å². The van der Waals surface area contributed by atoms with Gasteiger partial charge < -0.3 is 9.47 Å². The molecule has 0 unspecified atom stereocenters. The SMILES string of the molecule is C=CCN(CC(=O)N(Cc1ccccc1)Cc1cccn1C)S(=O)(=O)Cc1ccccc1. The van der Waals surface area contributed by atoms with E-state index in [9.17, 15) is 13.2 Å². The van der Waals surface area contributed by atoms with Crippen LogP contribution in [0.25, 0.3) is 0 Å². The van der Waals surface area contributed by atoms with Crippen LogP contribution in [0.2, 0.25) is 0 Å². The molecule has 0 bridgehead atoms. The molecule has 1 amide bonds. The molecule has 6 nitrogen and oxygen atoms in total. The lowest BCUT2D eigenvalue weighted by atomic mass is 10.2. The number of sulfonamides is 1. The second-order valence-electron chi connectivity index (χ2n) is 7.67. The highest BCUT2D eigenvalue weighted by Crippen LogP contribution is 2.15. The molecule has 3 aromatic rings. The van der Waals surface area contributed by atoms with Gasteiger partial charge in [-0.2, -0.15) is 4.31 Å². The first-order chi connectivity index (χ1) is 15.4. The minimum absolute atomic E-state index is 0.0736. The quantitative estimate of drug-likeness (QED) is 0.419. The Labute approximate surface area is 190 Å². The summed E-state index contributed by atoms with van der Waals surface area (Å²) in [4.78, 5) is 15.0. The van der Waals surface area contributed by atoms with Crippen LogP contribution in [0.15, 0.2) is 91.6 Å². The van der Waals surface area contributed by atoms with E-state index < -0.39 is 10.0 Å². The van der Waals surface area contributed by atoms with E-state index in [1.54, 1.807) is 29.2 Å². The number of hydrogen-bond donors (Lipinski definition) is 0. The standard InChI is InChI=1S/C25H29N3O3S/c1-3-16-28(32(30,31)21-23-13-8-5-9-14-23)20-25(29)27(18-22-11-6-4-7-12-22)19-24-15-10-17-26(24)2/h3-15,17H,1,16,18-21H2,2H3. The second kappa shape index (κ2) is 10.9. The van der Waals surface area contributed by atoms with Gasteiger partial charge >= 0.3 is 0 Å². The lowest BCUT2D eigenvalue weighted by Crippen LogP contribution is -2.43. The molecule has 2 aromatic carbocycles. The third kappa shape index (κ3) is 6.42. The van der Waals surface area contributed by atoms with Gasteiger partial charge in [0.25, 0.3) is 0 Å². The summed E-state index contributed by atoms with van der Waals surface area (Å²) in [6.07, 6.45) is 3.43. The number of carbonyl (C=O) groups is 1. The van der Waals surface area contributed by atoms with Crippen LogP contribution in [-0.2, 0) is 40.7 Å². The summed E-state index contributed by atoms with van der Waals surface area (Å²) in [6, 6.07) is 22.5. The molecule has 0 aliphatic carbocycles. The Morgan fingerprint density at radius 1 is 0.938 bits per heavy atom. The monoisotopic (exact) mass is 451 g/mol. The van der Waals surface area contributed by atoms with Crippen LogP contribution >= 0.6 is 0 Å². The molecular weight excluding hydrogens is 422 g/mol. The normalized spacial score (nSPS) is 11.4. The molecular formula is C25H29N3O3S. The Bertz CT molecular complexity index is 1130. The maximum absolute atomic E-state index is 13.3. The fourth-order valence-electron chi connectivity index (χ4n) is 3.44. The molecule has 168 valence electrons. The van der Waals surface area contributed by atoms with Gasteiger partial charge in [0.05, 0.1) is 18.8 Å². The molecule has 0 N–H and O–H groups in total. The Morgan fingerprint density at radius 3 is 2.12 bits per heavy atom. The van der Waals surface area contributed by atoms with Gasteiger partial charge in [0.2, 0.25) is 15.9 Å². The predicted octanol–water partition coefficient (Wildman–Crippen LogP) is 3.57. The molecule has 0 radical (unpaired) electrons. The molecule has 0 saturated carbocycles. The van der Waals surface area contributed by atoms with Crippen LogP contribution in [-0.4, -0.2) is 41.2 Å². The van der Waals surface area contributed by atoms with Crippen LogP contribution in [0, 0.1) is 0 Å². The maximum Gasteiger partial charge on any atom is 0.238 e. The molecule has 0 saturated heterocycles. The van der Waals surface area contributed by atoms with E-state index in [4.69, 9.17) is 0 Å². The van der Waals surface area contributed by atoms with Gasteiger partial charge in [-0.3, -0.25) is 4.79 Å². The molecule has 3 rings (SSSR count). The summed E-state index contributed by atoms with van der Waals surface area (Å²) in [5.41, 5.74) is 2.63. The maximum atomic E-state index is 13.3. The molecule has 0 fully saturated rings. The highest BCUT2D eigenvalue weighted by atomic mass is 32.2. The average Bonchev–Trinajstić information content (AvgIpc) is 3.18. The van der Waals surface area contributed by atoms with Crippen molar-refractivity contribution in [3.05, 3.63) is 108 Å². The summed E-state index contributed by atoms with van der Waals surface area (Å²) in [7, 11) is -1.77. The molecule has 0 spiro atoms. The van der Waals surface area contributed by atoms with Gasteiger partial charge in [0, 0.05) is 32.0 Å². The largest absolute Gasteiger partial charge is 0.353 e. The van der Waals surface area contributed by atoms with E-state index in [0.29, 0.717) is 18.7 Å². The molecule has 1 aromatic heterocycles. The topological polar surface area (TPSA) is 62.6 Å². The van der Waals surface area contributed by atoms with Crippen molar-refractivity contribution in [1.29, 1.82) is 0 Å². The first-order valence-corrected chi connectivity index (χ1v) is 12.0. The van der Waals surface area contributed by atoms with Crippen molar-refractivity contribution in [3.8, 4) is 0 Å². The van der Waals surface area contributed by atoms with Crippen molar-refractivity contribution in [2.24, 2.45) is 7.05 Å². The Balaban J connectivity index is 1.81. The number of aromatic nitrogens is 1. The van der Waals surface area contributed by atoms with Crippen LogP contribution in [0.1, 0.15) is 16.8 Å². The van der Waals surface area contributed by atoms with E-state index in [2.05, 4.69) is 6.58 Å². The van der Waals surface area contributed by atoms with E-state index in [0.717, 1.165) is 11.3 Å². The second-order valence-corrected chi connectivity index (χ2v) is 9.64. The minimum Gasteiger partial charge on any atom is -0.353 e. The fourth-order valence-corrected chi connectivity index (χ4v) is 4.88. The van der Waals surface area contributed by atoms with Gasteiger partial charge in [-0.05, 0) is 23.3 Å². The molecule has 1 heterocycles. The molecule has 32 heavy (non-hydrogen) atoms. The number of benzene rings is 2. The van der Waals surface area contributed by atoms with Crippen molar-refractivity contribution in [1.82, 2.24) is 13.8 Å². The van der Waals surface area contributed by atoms with Gasteiger partial charge in [-0.1, -0.05) is 66.7 Å². The van der Waals surface area contributed by atoms with E-state index in [1.807, 2.05) is 66.3 Å². The first kappa shape index (κ1) is 23.5. The lowest BCUT2D eigenvalue weighted by molar-refractivity contribution is -0.132. The van der Waals surface area contributed by atoms with Gasteiger partial charge in [0.15, 0.2) is 0 Å². The summed E-state index contributed by atoms with van der Waals surface area (Å²) < 4.78 is 29.3. The Kier molecular flexibility index (Phi) is 8.03. The van der Waals surface area contributed by atoms with Crippen LogP contribution in [0.5, 0.6) is 0 Å². The number of hydrogen-bond acceptors (Lipinski definition) is 3. The van der Waals surface area contributed by atoms with Crippen molar-refractivity contribution < 1.29 is 13.2 Å². The highest BCUT2D eigenvalue weighted by molar-refractivity contribution is 7.88. The lowest BCUT2D eigenvalue weighted by Gasteiger charge is -2.27. The van der Waals surface area contributed by atoms with Gasteiger partial charge in [0.1, 0.15) is 0 Å². The zero-order valence-corrected chi connectivity index (χ0v) is 19.1. The summed E-state index contributed by atoms with van der Waals surface area (Å²) in [6.45, 7) is 4.30. The molecule has 0 aliphatic rings. The first-order valence-electron chi connectivity index (χ1n) is 10.4. The number of aryl methyl sites for hydroxylation is 1. The van der Waals surface area contributed by atoms with E-state index in [1.165, 1.54) is 10.4 Å². The smallest absolute Gasteiger partial charge is 0.238 e. The van der Waals surface area contributed by atoms with Crippen LogP contribution in [0.3, 0.4) is 0 Å². The average molecular weight is 452 g/mol. The van der Waals surface area contributed by atoms with Crippen molar-refractivity contribution >= 4 is 15.9 Å². The number of nitrogens with zero attached hydrogens (tertiary/aromatic N) is 3. The molecule has 0 aliphatic heterocycles. The third-order valence-corrected chi connectivity index (χ3v) is 6.97. The van der Waals surface area contributed by atoms with Crippen molar-refractivity contribution in [2.45, 2.75) is 18.8 Å². The summed E-state index contributed by atoms with van der Waals surface area (Å²) in [5, 5.41) is 0. The minimum atomic E-state index is -3.70. The summed E-state index contributed by atoms with van der Waals surface area (Å²) >= 11 is 0. The van der Waals surface area contributed by atoms with E-state index in [-0.39, 0.29) is 24.7 Å². The number of amides is 1. The summed E-state index contributed by atoms with van der Waals surface area (Å²) in [5.74, 6) is -0.417. The van der Waals surface area contributed by atoms with Gasteiger partial charge in [-0.15, -0.1) is 6.58 Å².